The van der Waals surface area contributed by atoms with Crippen LogP contribution in [0.2, 0.25) is 5.02 Å². The first-order chi connectivity index (χ1) is 4.74. The Labute approximate surface area is 84.6 Å². The SMILES string of the molecule is Cl.NNc1ccc(Br)c(Cl)c1. The van der Waals surface area contributed by atoms with Crippen molar-refractivity contribution >= 4 is 45.6 Å². The van der Waals surface area contributed by atoms with Gasteiger partial charge in [-0.25, -0.2) is 0 Å². The lowest BCUT2D eigenvalue weighted by molar-refractivity contribution is 1.35. The van der Waals surface area contributed by atoms with Crippen LogP contribution in [0, 0.1) is 0 Å². The third-order valence-corrected chi connectivity index (χ3v) is 2.32. The van der Waals surface area contributed by atoms with Crippen molar-refractivity contribution in [1.29, 1.82) is 0 Å². The first kappa shape index (κ1) is 11.0. The van der Waals surface area contributed by atoms with Gasteiger partial charge in [-0.2, -0.15) is 0 Å². The Kier molecular flexibility index (Phi) is 4.84. The molecule has 0 amide bonds. The first-order valence-electron chi connectivity index (χ1n) is 2.65. The summed E-state index contributed by atoms with van der Waals surface area (Å²) in [6, 6.07) is 5.40. The van der Waals surface area contributed by atoms with Crippen molar-refractivity contribution in [2.75, 3.05) is 5.43 Å². The number of nitrogen functional groups attached to an aromatic ring is 1. The molecule has 0 heterocycles. The lowest BCUT2D eigenvalue weighted by Gasteiger charge is -2.00. The fraction of sp³-hybridized carbons (Fsp3) is 0. The maximum atomic E-state index is 5.75. The largest absolute Gasteiger partial charge is 0.324 e. The second-order valence-electron chi connectivity index (χ2n) is 1.77. The smallest absolute Gasteiger partial charge is 0.0569 e. The molecule has 1 aromatic carbocycles. The molecule has 3 N–H and O–H groups in total. The highest BCUT2D eigenvalue weighted by atomic mass is 79.9. The summed E-state index contributed by atoms with van der Waals surface area (Å²) in [6.07, 6.45) is 0. The van der Waals surface area contributed by atoms with Gasteiger partial charge in [-0.15, -0.1) is 12.4 Å². The number of rotatable bonds is 1. The second kappa shape index (κ2) is 4.83. The van der Waals surface area contributed by atoms with Crippen LogP contribution in [0.1, 0.15) is 0 Å². The number of benzene rings is 1. The molecule has 1 aromatic rings. The molecule has 0 spiro atoms. The minimum atomic E-state index is 0. The van der Waals surface area contributed by atoms with Crippen molar-refractivity contribution < 1.29 is 0 Å². The lowest BCUT2D eigenvalue weighted by Crippen LogP contribution is -2.06. The van der Waals surface area contributed by atoms with E-state index in [2.05, 4.69) is 21.4 Å². The summed E-state index contributed by atoms with van der Waals surface area (Å²) in [5.74, 6) is 5.14. The highest BCUT2D eigenvalue weighted by Gasteiger charge is 1.95. The van der Waals surface area contributed by atoms with Crippen LogP contribution in [0.25, 0.3) is 0 Å². The summed E-state index contributed by atoms with van der Waals surface area (Å²) < 4.78 is 0.869. The summed E-state index contributed by atoms with van der Waals surface area (Å²) in [5, 5.41) is 0.649. The van der Waals surface area contributed by atoms with Crippen molar-refractivity contribution in [2.24, 2.45) is 5.84 Å². The van der Waals surface area contributed by atoms with E-state index in [1.54, 1.807) is 6.07 Å². The molecule has 62 valence electrons. The van der Waals surface area contributed by atoms with Crippen molar-refractivity contribution in [3.63, 3.8) is 0 Å². The zero-order valence-corrected chi connectivity index (χ0v) is 8.63. The third-order valence-electron chi connectivity index (χ3n) is 1.09. The molecule has 1 rings (SSSR count). The normalized spacial score (nSPS) is 8.64. The van der Waals surface area contributed by atoms with Gasteiger partial charge in [0.1, 0.15) is 0 Å². The quantitative estimate of drug-likeness (QED) is 0.600. The van der Waals surface area contributed by atoms with Crippen molar-refractivity contribution in [1.82, 2.24) is 0 Å². The maximum Gasteiger partial charge on any atom is 0.0569 e. The van der Waals surface area contributed by atoms with Crippen LogP contribution in [-0.2, 0) is 0 Å². The van der Waals surface area contributed by atoms with Gasteiger partial charge in [-0.3, -0.25) is 5.84 Å². The van der Waals surface area contributed by atoms with Gasteiger partial charge in [0.05, 0.1) is 10.7 Å². The molecule has 0 aliphatic heterocycles. The molecule has 11 heavy (non-hydrogen) atoms. The molecule has 0 fully saturated rings. The summed E-state index contributed by atoms with van der Waals surface area (Å²) >= 11 is 9.01. The van der Waals surface area contributed by atoms with E-state index in [0.29, 0.717) is 5.02 Å². The number of hydrogen-bond acceptors (Lipinski definition) is 2. The standard InChI is InChI=1S/C6H6BrClN2.ClH/c7-5-2-1-4(10-9)3-6(5)8;/h1-3,10H,9H2;1H. The van der Waals surface area contributed by atoms with Gasteiger partial charge in [0, 0.05) is 4.47 Å². The molecule has 0 aliphatic carbocycles. The average molecular weight is 258 g/mol. The van der Waals surface area contributed by atoms with Crippen LogP contribution in [0.5, 0.6) is 0 Å². The van der Waals surface area contributed by atoms with Crippen LogP contribution in [-0.4, -0.2) is 0 Å². The van der Waals surface area contributed by atoms with E-state index >= 15 is 0 Å². The van der Waals surface area contributed by atoms with Gasteiger partial charge in [-0.1, -0.05) is 11.6 Å². The Morgan fingerprint density at radius 3 is 2.55 bits per heavy atom. The number of anilines is 1. The summed E-state index contributed by atoms with van der Waals surface area (Å²) in [6.45, 7) is 0. The molecule has 0 bridgehead atoms. The van der Waals surface area contributed by atoms with E-state index in [-0.39, 0.29) is 12.4 Å². The van der Waals surface area contributed by atoms with Crippen molar-refractivity contribution in [3.05, 3.63) is 27.7 Å². The van der Waals surface area contributed by atoms with Crippen LogP contribution in [0.15, 0.2) is 22.7 Å². The number of nitrogens with two attached hydrogens (primary N) is 1. The zero-order chi connectivity index (χ0) is 7.56. The number of halogens is 3. The van der Waals surface area contributed by atoms with Crippen LogP contribution >= 0.6 is 39.9 Å². The van der Waals surface area contributed by atoms with Crippen LogP contribution in [0.3, 0.4) is 0 Å². The summed E-state index contributed by atoms with van der Waals surface area (Å²) in [7, 11) is 0. The highest BCUT2D eigenvalue weighted by molar-refractivity contribution is 9.10. The highest BCUT2D eigenvalue weighted by Crippen LogP contribution is 2.24. The number of hydrogen-bond donors (Lipinski definition) is 2. The van der Waals surface area contributed by atoms with E-state index in [0.717, 1.165) is 10.2 Å². The molecule has 0 radical (unpaired) electrons. The predicted octanol–water partition coefficient (Wildman–Crippen LogP) is 2.81. The van der Waals surface area contributed by atoms with E-state index in [1.165, 1.54) is 0 Å². The van der Waals surface area contributed by atoms with Crippen LogP contribution in [0.4, 0.5) is 5.69 Å². The van der Waals surface area contributed by atoms with Gasteiger partial charge in [0.15, 0.2) is 0 Å². The second-order valence-corrected chi connectivity index (χ2v) is 3.03. The monoisotopic (exact) mass is 256 g/mol. The zero-order valence-electron chi connectivity index (χ0n) is 5.47. The molecule has 0 saturated heterocycles. The fourth-order valence-corrected chi connectivity index (χ4v) is 1.01. The lowest BCUT2D eigenvalue weighted by atomic mass is 10.3. The number of nitrogens with one attached hydrogen (secondary N) is 1. The Bertz CT molecular complexity index is 242. The van der Waals surface area contributed by atoms with E-state index in [9.17, 15) is 0 Å². The molecule has 0 aromatic heterocycles. The Balaban J connectivity index is 0.000001000. The Morgan fingerprint density at radius 1 is 1.45 bits per heavy atom. The molecule has 0 atom stereocenters. The summed E-state index contributed by atoms with van der Waals surface area (Å²) in [4.78, 5) is 0. The molecular weight excluding hydrogens is 251 g/mol. The van der Waals surface area contributed by atoms with Gasteiger partial charge in [0.25, 0.3) is 0 Å². The predicted molar refractivity (Wildman–Crippen MR) is 54.2 cm³/mol. The van der Waals surface area contributed by atoms with E-state index in [1.807, 2.05) is 12.1 Å². The van der Waals surface area contributed by atoms with Gasteiger partial charge >= 0.3 is 0 Å². The maximum absolute atomic E-state index is 5.75. The molecule has 5 heteroatoms. The molecule has 0 unspecified atom stereocenters. The third kappa shape index (κ3) is 2.87. The minimum absolute atomic E-state index is 0. The molecular formula is C6H7BrCl2N2. The van der Waals surface area contributed by atoms with E-state index in [4.69, 9.17) is 17.4 Å². The first-order valence-corrected chi connectivity index (χ1v) is 3.83. The van der Waals surface area contributed by atoms with Crippen molar-refractivity contribution in [2.45, 2.75) is 0 Å². The van der Waals surface area contributed by atoms with Gasteiger partial charge < -0.3 is 5.43 Å². The topological polar surface area (TPSA) is 38.0 Å². The Morgan fingerprint density at radius 2 is 2.09 bits per heavy atom. The Hall–Kier alpha value is 0.0400. The van der Waals surface area contributed by atoms with E-state index < -0.39 is 0 Å². The van der Waals surface area contributed by atoms with Gasteiger partial charge in [0.2, 0.25) is 0 Å². The minimum Gasteiger partial charge on any atom is -0.324 e. The number of hydrazine groups is 1. The molecule has 0 saturated carbocycles. The van der Waals surface area contributed by atoms with Crippen LogP contribution < -0.4 is 11.3 Å². The van der Waals surface area contributed by atoms with Crippen molar-refractivity contribution in [3.8, 4) is 0 Å². The van der Waals surface area contributed by atoms with Gasteiger partial charge in [-0.05, 0) is 34.1 Å². The molecule has 0 aliphatic rings. The molecule has 2 nitrogen and oxygen atoms in total. The summed E-state index contributed by atoms with van der Waals surface area (Å²) in [5.41, 5.74) is 3.29. The average Bonchev–Trinajstić information content (AvgIpc) is 1.95. The fourth-order valence-electron chi connectivity index (χ4n) is 0.586.